The van der Waals surface area contributed by atoms with Gasteiger partial charge in [0, 0.05) is 24.8 Å². The standard InChI is InChI=1S/C12H13N3O2S/c1-14-5-2-3-10(14)11(16)15-7-9(8-15)17-12-13-4-6-18-12/h2-6,9H,7-8H2,1H3. The normalized spacial score (nSPS) is 15.5. The molecule has 0 bridgehead atoms. The lowest BCUT2D eigenvalue weighted by Gasteiger charge is -2.38. The Morgan fingerprint density at radius 1 is 1.56 bits per heavy atom. The number of likely N-dealkylation sites (tertiary alicyclic amines) is 1. The summed E-state index contributed by atoms with van der Waals surface area (Å²) < 4.78 is 7.46. The van der Waals surface area contributed by atoms with Crippen LogP contribution in [-0.2, 0) is 7.05 Å². The molecule has 0 atom stereocenters. The topological polar surface area (TPSA) is 47.4 Å². The van der Waals surface area contributed by atoms with Crippen molar-refractivity contribution < 1.29 is 9.53 Å². The fourth-order valence-electron chi connectivity index (χ4n) is 1.93. The third-order valence-corrected chi connectivity index (χ3v) is 3.64. The number of carbonyl (C=O) groups is 1. The number of thiazole rings is 1. The Hall–Kier alpha value is -1.82. The summed E-state index contributed by atoms with van der Waals surface area (Å²) in [5.74, 6) is 0.0569. The van der Waals surface area contributed by atoms with Crippen LogP contribution in [0.15, 0.2) is 29.9 Å². The maximum atomic E-state index is 12.1. The lowest BCUT2D eigenvalue weighted by Crippen LogP contribution is -2.56. The van der Waals surface area contributed by atoms with E-state index in [-0.39, 0.29) is 12.0 Å². The van der Waals surface area contributed by atoms with Crippen LogP contribution in [0.4, 0.5) is 0 Å². The van der Waals surface area contributed by atoms with E-state index in [9.17, 15) is 4.79 Å². The van der Waals surface area contributed by atoms with E-state index in [1.54, 1.807) is 11.1 Å². The van der Waals surface area contributed by atoms with E-state index in [1.807, 2.05) is 35.3 Å². The first-order chi connectivity index (χ1) is 8.74. The van der Waals surface area contributed by atoms with Gasteiger partial charge in [-0.1, -0.05) is 11.3 Å². The lowest BCUT2D eigenvalue weighted by molar-refractivity contribution is 0.0170. The Bertz CT molecular complexity index is 543. The Labute approximate surface area is 109 Å². The van der Waals surface area contributed by atoms with Gasteiger partial charge < -0.3 is 14.2 Å². The highest BCUT2D eigenvalue weighted by atomic mass is 32.1. The van der Waals surface area contributed by atoms with Crippen LogP contribution in [0, 0.1) is 0 Å². The fraction of sp³-hybridized carbons (Fsp3) is 0.333. The van der Waals surface area contributed by atoms with Crippen molar-refractivity contribution in [3.8, 4) is 5.19 Å². The van der Waals surface area contributed by atoms with Crippen LogP contribution in [0.2, 0.25) is 0 Å². The highest BCUT2D eigenvalue weighted by Gasteiger charge is 2.33. The number of amides is 1. The van der Waals surface area contributed by atoms with E-state index in [0.717, 1.165) is 0 Å². The van der Waals surface area contributed by atoms with Gasteiger partial charge in [0.2, 0.25) is 0 Å². The van der Waals surface area contributed by atoms with E-state index in [4.69, 9.17) is 4.74 Å². The first-order valence-electron chi connectivity index (χ1n) is 5.71. The Morgan fingerprint density at radius 2 is 2.39 bits per heavy atom. The van der Waals surface area contributed by atoms with Gasteiger partial charge in [-0.3, -0.25) is 4.79 Å². The number of aromatic nitrogens is 2. The van der Waals surface area contributed by atoms with E-state index in [1.165, 1.54) is 11.3 Å². The zero-order valence-corrected chi connectivity index (χ0v) is 10.8. The zero-order chi connectivity index (χ0) is 12.5. The van der Waals surface area contributed by atoms with Crippen LogP contribution < -0.4 is 4.74 Å². The number of carbonyl (C=O) groups excluding carboxylic acids is 1. The van der Waals surface area contributed by atoms with Crippen molar-refractivity contribution in [2.45, 2.75) is 6.10 Å². The molecule has 1 aliphatic heterocycles. The summed E-state index contributed by atoms with van der Waals surface area (Å²) in [6, 6.07) is 3.70. The predicted molar refractivity (Wildman–Crippen MR) is 67.8 cm³/mol. The van der Waals surface area contributed by atoms with Crippen molar-refractivity contribution in [2.24, 2.45) is 7.05 Å². The molecular formula is C12H13N3O2S. The molecule has 18 heavy (non-hydrogen) atoms. The summed E-state index contributed by atoms with van der Waals surface area (Å²) in [5.41, 5.74) is 0.711. The third kappa shape index (κ3) is 1.99. The molecule has 5 nitrogen and oxygen atoms in total. The van der Waals surface area contributed by atoms with Crippen LogP contribution in [0.1, 0.15) is 10.5 Å². The Kier molecular flexibility index (Phi) is 2.79. The van der Waals surface area contributed by atoms with E-state index in [0.29, 0.717) is 24.0 Å². The van der Waals surface area contributed by atoms with Gasteiger partial charge >= 0.3 is 0 Å². The van der Waals surface area contributed by atoms with Gasteiger partial charge in [-0.25, -0.2) is 4.98 Å². The summed E-state index contributed by atoms with van der Waals surface area (Å²) in [5, 5.41) is 2.55. The molecule has 0 aromatic carbocycles. The van der Waals surface area contributed by atoms with Crippen molar-refractivity contribution in [1.82, 2.24) is 14.5 Å². The van der Waals surface area contributed by atoms with Gasteiger partial charge in [-0.2, -0.15) is 0 Å². The van der Waals surface area contributed by atoms with Gasteiger partial charge in [-0.05, 0) is 12.1 Å². The average Bonchev–Trinajstić information content (AvgIpc) is 2.93. The lowest BCUT2D eigenvalue weighted by atomic mass is 10.1. The maximum Gasteiger partial charge on any atom is 0.273 e. The third-order valence-electron chi connectivity index (χ3n) is 2.98. The molecule has 0 spiro atoms. The minimum absolute atomic E-state index is 0.0569. The van der Waals surface area contributed by atoms with Crippen molar-refractivity contribution in [3.63, 3.8) is 0 Å². The zero-order valence-electron chi connectivity index (χ0n) is 9.94. The monoisotopic (exact) mass is 263 g/mol. The van der Waals surface area contributed by atoms with Gasteiger partial charge in [-0.15, -0.1) is 0 Å². The van der Waals surface area contributed by atoms with Crippen LogP contribution in [0.3, 0.4) is 0 Å². The molecule has 1 aliphatic rings. The number of rotatable bonds is 3. The molecule has 0 saturated carbocycles. The summed E-state index contributed by atoms with van der Waals surface area (Å²) in [6.07, 6.45) is 3.66. The van der Waals surface area contributed by atoms with Gasteiger partial charge in [0.15, 0.2) is 0 Å². The molecule has 3 heterocycles. The first-order valence-corrected chi connectivity index (χ1v) is 6.59. The molecule has 2 aromatic rings. The number of aryl methyl sites for hydroxylation is 1. The van der Waals surface area contributed by atoms with Crippen molar-refractivity contribution in [3.05, 3.63) is 35.6 Å². The van der Waals surface area contributed by atoms with E-state index < -0.39 is 0 Å². The highest BCUT2D eigenvalue weighted by molar-refractivity contribution is 7.11. The summed E-state index contributed by atoms with van der Waals surface area (Å²) in [4.78, 5) is 17.9. The van der Waals surface area contributed by atoms with E-state index >= 15 is 0 Å². The predicted octanol–water partition coefficient (Wildman–Crippen LogP) is 1.39. The first kappa shape index (κ1) is 11.3. The number of hydrogen-bond acceptors (Lipinski definition) is 4. The van der Waals surface area contributed by atoms with Crippen molar-refractivity contribution >= 4 is 17.2 Å². The van der Waals surface area contributed by atoms with E-state index in [2.05, 4.69) is 4.98 Å². The summed E-state index contributed by atoms with van der Waals surface area (Å²) in [7, 11) is 1.87. The molecule has 0 radical (unpaired) electrons. The molecule has 0 N–H and O–H groups in total. The van der Waals surface area contributed by atoms with Crippen LogP contribution >= 0.6 is 11.3 Å². The molecule has 1 fully saturated rings. The van der Waals surface area contributed by atoms with Gasteiger partial charge in [0.1, 0.15) is 11.8 Å². The largest absolute Gasteiger partial charge is 0.463 e. The molecule has 6 heteroatoms. The molecule has 94 valence electrons. The quantitative estimate of drug-likeness (QED) is 0.840. The average molecular weight is 263 g/mol. The van der Waals surface area contributed by atoms with Crippen LogP contribution in [0.5, 0.6) is 5.19 Å². The van der Waals surface area contributed by atoms with Crippen LogP contribution in [0.25, 0.3) is 0 Å². The Balaban J connectivity index is 1.56. The minimum Gasteiger partial charge on any atom is -0.463 e. The second-order valence-corrected chi connectivity index (χ2v) is 5.11. The molecule has 1 saturated heterocycles. The van der Waals surface area contributed by atoms with Gasteiger partial charge in [0.05, 0.1) is 13.1 Å². The smallest absolute Gasteiger partial charge is 0.273 e. The highest BCUT2D eigenvalue weighted by Crippen LogP contribution is 2.21. The minimum atomic E-state index is 0.0569. The maximum absolute atomic E-state index is 12.1. The summed E-state index contributed by atoms with van der Waals surface area (Å²) >= 11 is 1.47. The molecule has 2 aromatic heterocycles. The SMILES string of the molecule is Cn1cccc1C(=O)N1CC(Oc2nccs2)C1. The van der Waals surface area contributed by atoms with Crippen molar-refractivity contribution in [1.29, 1.82) is 0 Å². The molecular weight excluding hydrogens is 250 g/mol. The number of nitrogens with zero attached hydrogens (tertiary/aromatic N) is 3. The van der Waals surface area contributed by atoms with Crippen LogP contribution in [-0.4, -0.2) is 39.6 Å². The second kappa shape index (κ2) is 4.45. The Morgan fingerprint density at radius 3 is 3.00 bits per heavy atom. The fourth-order valence-corrected chi connectivity index (χ4v) is 2.49. The molecule has 3 rings (SSSR count). The number of ether oxygens (including phenoxy) is 1. The summed E-state index contributed by atoms with van der Waals surface area (Å²) in [6.45, 7) is 1.26. The van der Waals surface area contributed by atoms with Gasteiger partial charge in [0.25, 0.3) is 11.1 Å². The molecule has 0 aliphatic carbocycles. The second-order valence-electron chi connectivity index (χ2n) is 4.25. The van der Waals surface area contributed by atoms with Crippen molar-refractivity contribution in [2.75, 3.05) is 13.1 Å². The molecule has 1 amide bonds. The molecule has 0 unspecified atom stereocenters. The number of hydrogen-bond donors (Lipinski definition) is 0.